The van der Waals surface area contributed by atoms with Crippen molar-refractivity contribution in [3.8, 4) is 0 Å². The largest absolute Gasteiger partial charge is 0.354 e. The van der Waals surface area contributed by atoms with Crippen molar-refractivity contribution in [1.29, 1.82) is 0 Å². The molecule has 0 radical (unpaired) electrons. The van der Waals surface area contributed by atoms with E-state index in [0.29, 0.717) is 5.56 Å². The number of halogens is 1. The molecule has 1 fully saturated rings. The first-order chi connectivity index (χ1) is 13.5. The lowest BCUT2D eigenvalue weighted by molar-refractivity contribution is 0.183. The van der Waals surface area contributed by atoms with E-state index < -0.39 is 5.67 Å². The Hall–Kier alpha value is -2.20. The van der Waals surface area contributed by atoms with Crippen LogP contribution in [0.1, 0.15) is 49.4 Å². The summed E-state index contributed by atoms with van der Waals surface area (Å²) in [6.45, 7) is 10.7. The Labute approximate surface area is 167 Å². The first-order valence-electron chi connectivity index (χ1n) is 10.4. The Bertz CT molecular complexity index is 874. The van der Waals surface area contributed by atoms with Crippen LogP contribution >= 0.6 is 0 Å². The maximum Gasteiger partial charge on any atom is 0.136 e. The fraction of sp³-hybridized carbons (Fsp3) is 0.458. The van der Waals surface area contributed by atoms with Gasteiger partial charge in [-0.25, -0.2) is 9.38 Å². The van der Waals surface area contributed by atoms with E-state index in [2.05, 4.69) is 47.1 Å². The number of hydrogen-bond acceptors (Lipinski definition) is 3. The molecule has 28 heavy (non-hydrogen) atoms. The lowest BCUT2D eigenvalue weighted by Gasteiger charge is -2.36. The molecule has 0 bridgehead atoms. The molecule has 0 aromatic heterocycles. The van der Waals surface area contributed by atoms with Gasteiger partial charge in [-0.05, 0) is 49.6 Å². The van der Waals surface area contributed by atoms with E-state index in [0.717, 1.165) is 50.7 Å². The summed E-state index contributed by atoms with van der Waals surface area (Å²) in [7, 11) is 0. The highest BCUT2D eigenvalue weighted by Crippen LogP contribution is 2.34. The van der Waals surface area contributed by atoms with Gasteiger partial charge in [0.15, 0.2) is 0 Å². The molecule has 0 saturated carbocycles. The van der Waals surface area contributed by atoms with Crippen LogP contribution in [0.25, 0.3) is 0 Å². The molecule has 4 rings (SSSR count). The second kappa shape index (κ2) is 7.67. The van der Waals surface area contributed by atoms with Gasteiger partial charge in [0, 0.05) is 38.2 Å². The third-order valence-corrected chi connectivity index (χ3v) is 5.85. The molecule has 2 aromatic carbocycles. The molecule has 1 saturated heterocycles. The monoisotopic (exact) mass is 379 g/mol. The van der Waals surface area contributed by atoms with Crippen molar-refractivity contribution in [2.75, 3.05) is 32.7 Å². The Kier molecular flexibility index (Phi) is 5.24. The number of rotatable bonds is 3. The van der Waals surface area contributed by atoms with E-state index in [-0.39, 0.29) is 0 Å². The Morgan fingerprint density at radius 1 is 1.00 bits per heavy atom. The van der Waals surface area contributed by atoms with Crippen LogP contribution in [0.5, 0.6) is 0 Å². The van der Waals surface area contributed by atoms with Gasteiger partial charge in [0.05, 0.1) is 5.69 Å². The lowest BCUT2D eigenvalue weighted by Crippen LogP contribution is -2.49. The molecule has 2 aliphatic heterocycles. The standard InChI is InChI=1S/C24H30FN3/c1-4-11-27-12-14-28(15-13-27)23-21-8-6-5-7-18(21)16-19-9-10-20(24(2,3)25)17-22(19)26-23/h5-10,17H,4,11-16H2,1-3H3. The van der Waals surface area contributed by atoms with Crippen LogP contribution < -0.4 is 0 Å². The van der Waals surface area contributed by atoms with Crippen LogP contribution in [-0.2, 0) is 12.1 Å². The van der Waals surface area contributed by atoms with Gasteiger partial charge in [0.1, 0.15) is 11.5 Å². The fourth-order valence-electron chi connectivity index (χ4n) is 4.20. The van der Waals surface area contributed by atoms with Crippen molar-refractivity contribution in [2.24, 2.45) is 4.99 Å². The lowest BCUT2D eigenvalue weighted by atomic mass is 9.95. The smallest absolute Gasteiger partial charge is 0.136 e. The third-order valence-electron chi connectivity index (χ3n) is 5.85. The Morgan fingerprint density at radius 2 is 1.75 bits per heavy atom. The second-order valence-corrected chi connectivity index (χ2v) is 8.41. The Balaban J connectivity index is 1.74. The van der Waals surface area contributed by atoms with Gasteiger partial charge in [0.25, 0.3) is 0 Å². The minimum atomic E-state index is -1.37. The van der Waals surface area contributed by atoms with Gasteiger partial charge in [-0.3, -0.25) is 4.90 Å². The molecule has 3 nitrogen and oxygen atoms in total. The molecule has 2 aliphatic rings. The molecule has 2 heterocycles. The van der Waals surface area contributed by atoms with E-state index in [4.69, 9.17) is 4.99 Å². The average Bonchev–Trinajstić information content (AvgIpc) is 2.84. The molecule has 0 N–H and O–H groups in total. The number of amidine groups is 1. The molecular weight excluding hydrogens is 349 g/mol. The highest BCUT2D eigenvalue weighted by atomic mass is 19.1. The molecule has 2 aromatic rings. The van der Waals surface area contributed by atoms with E-state index in [9.17, 15) is 4.39 Å². The SMILES string of the molecule is CCCN1CCN(C2=Nc3cc(C(C)(C)F)ccc3Cc3ccccc32)CC1. The quantitative estimate of drug-likeness (QED) is 0.755. The summed E-state index contributed by atoms with van der Waals surface area (Å²) in [5.74, 6) is 1.04. The van der Waals surface area contributed by atoms with Crippen LogP contribution in [-0.4, -0.2) is 48.4 Å². The second-order valence-electron chi connectivity index (χ2n) is 8.41. The summed E-state index contributed by atoms with van der Waals surface area (Å²) in [6, 6.07) is 14.5. The summed E-state index contributed by atoms with van der Waals surface area (Å²) in [6.07, 6.45) is 2.03. The molecule has 0 unspecified atom stereocenters. The number of hydrogen-bond donors (Lipinski definition) is 0. The van der Waals surface area contributed by atoms with E-state index >= 15 is 0 Å². The molecular formula is C24H30FN3. The van der Waals surface area contributed by atoms with Gasteiger partial charge >= 0.3 is 0 Å². The zero-order chi connectivity index (χ0) is 19.7. The van der Waals surface area contributed by atoms with Crippen LogP contribution in [0.15, 0.2) is 47.5 Å². The van der Waals surface area contributed by atoms with Crippen molar-refractivity contribution in [3.05, 3.63) is 64.7 Å². The molecule has 0 spiro atoms. The Morgan fingerprint density at radius 3 is 2.46 bits per heavy atom. The zero-order valence-corrected chi connectivity index (χ0v) is 17.2. The van der Waals surface area contributed by atoms with Crippen molar-refractivity contribution in [2.45, 2.75) is 39.3 Å². The number of benzene rings is 2. The van der Waals surface area contributed by atoms with Crippen LogP contribution in [0.3, 0.4) is 0 Å². The number of aliphatic imine (C=N–C) groups is 1. The van der Waals surface area contributed by atoms with E-state index in [1.807, 2.05) is 12.1 Å². The van der Waals surface area contributed by atoms with Gasteiger partial charge in [-0.2, -0.15) is 0 Å². The first-order valence-corrected chi connectivity index (χ1v) is 10.4. The molecule has 0 aliphatic carbocycles. The third kappa shape index (κ3) is 3.83. The summed E-state index contributed by atoms with van der Waals surface area (Å²) in [5.41, 5.74) is 3.90. The minimum Gasteiger partial charge on any atom is -0.354 e. The number of nitrogens with zero attached hydrogens (tertiary/aromatic N) is 3. The summed E-state index contributed by atoms with van der Waals surface area (Å²) in [4.78, 5) is 10.0. The summed E-state index contributed by atoms with van der Waals surface area (Å²) >= 11 is 0. The number of alkyl halides is 1. The van der Waals surface area contributed by atoms with E-state index in [1.165, 1.54) is 23.1 Å². The highest BCUT2D eigenvalue weighted by molar-refractivity contribution is 6.02. The number of fused-ring (bicyclic) bond motifs is 2. The zero-order valence-electron chi connectivity index (χ0n) is 17.2. The predicted molar refractivity (Wildman–Crippen MR) is 114 cm³/mol. The predicted octanol–water partition coefficient (Wildman–Crippen LogP) is 4.90. The first kappa shape index (κ1) is 19.1. The van der Waals surface area contributed by atoms with Crippen molar-refractivity contribution in [1.82, 2.24) is 9.80 Å². The van der Waals surface area contributed by atoms with Crippen LogP contribution in [0.2, 0.25) is 0 Å². The maximum absolute atomic E-state index is 14.6. The summed E-state index contributed by atoms with van der Waals surface area (Å²) in [5, 5.41) is 0. The average molecular weight is 380 g/mol. The topological polar surface area (TPSA) is 18.8 Å². The highest BCUT2D eigenvalue weighted by Gasteiger charge is 2.26. The van der Waals surface area contributed by atoms with Crippen molar-refractivity contribution in [3.63, 3.8) is 0 Å². The molecule has 0 amide bonds. The van der Waals surface area contributed by atoms with E-state index in [1.54, 1.807) is 13.8 Å². The summed E-state index contributed by atoms with van der Waals surface area (Å²) < 4.78 is 14.6. The fourth-order valence-corrected chi connectivity index (χ4v) is 4.20. The normalized spacial score (nSPS) is 17.6. The minimum absolute atomic E-state index is 0.688. The number of piperazine rings is 1. The maximum atomic E-state index is 14.6. The van der Waals surface area contributed by atoms with Crippen molar-refractivity contribution >= 4 is 11.5 Å². The van der Waals surface area contributed by atoms with Gasteiger partial charge in [-0.15, -0.1) is 0 Å². The van der Waals surface area contributed by atoms with Crippen LogP contribution in [0, 0.1) is 0 Å². The molecule has 0 atom stereocenters. The van der Waals surface area contributed by atoms with Crippen LogP contribution in [0.4, 0.5) is 10.1 Å². The van der Waals surface area contributed by atoms with Gasteiger partial charge < -0.3 is 4.90 Å². The molecule has 4 heteroatoms. The van der Waals surface area contributed by atoms with Gasteiger partial charge in [0.2, 0.25) is 0 Å². The van der Waals surface area contributed by atoms with Gasteiger partial charge in [-0.1, -0.05) is 43.3 Å². The van der Waals surface area contributed by atoms with Crippen molar-refractivity contribution < 1.29 is 4.39 Å². The molecule has 148 valence electrons.